The van der Waals surface area contributed by atoms with Gasteiger partial charge in [-0.05, 0) is 47.9 Å². The molecule has 0 radical (unpaired) electrons. The Kier molecular flexibility index (Phi) is 4.98. The third kappa shape index (κ3) is 3.27. The van der Waals surface area contributed by atoms with Crippen molar-refractivity contribution in [2.75, 3.05) is 0 Å². The molecule has 3 aliphatic rings. The summed E-state index contributed by atoms with van der Waals surface area (Å²) in [5, 5.41) is 0.0169. The molecule has 4 rings (SSSR count). The molecule has 0 amide bonds. The van der Waals surface area contributed by atoms with Gasteiger partial charge < -0.3 is 5.73 Å². The van der Waals surface area contributed by atoms with Gasteiger partial charge in [0.15, 0.2) is 5.78 Å². The zero-order chi connectivity index (χ0) is 19.0. The van der Waals surface area contributed by atoms with Gasteiger partial charge in [-0.3, -0.25) is 9.79 Å². The van der Waals surface area contributed by atoms with E-state index < -0.39 is 5.54 Å². The highest BCUT2D eigenvalue weighted by atomic mass is 35.5. The molecular formula is C23H27ClN2O. The summed E-state index contributed by atoms with van der Waals surface area (Å²) >= 11 is 6.32. The van der Waals surface area contributed by atoms with Crippen LogP contribution in [0.1, 0.15) is 56.6 Å². The van der Waals surface area contributed by atoms with Crippen LogP contribution in [0.3, 0.4) is 0 Å². The number of benzene rings is 1. The smallest absolute Gasteiger partial charge is 0.165 e. The van der Waals surface area contributed by atoms with Gasteiger partial charge in [0, 0.05) is 12.3 Å². The quantitative estimate of drug-likeness (QED) is 0.748. The summed E-state index contributed by atoms with van der Waals surface area (Å²) < 4.78 is 0. The van der Waals surface area contributed by atoms with Crippen molar-refractivity contribution < 1.29 is 4.79 Å². The predicted molar refractivity (Wildman–Crippen MR) is 112 cm³/mol. The molecule has 4 heteroatoms. The number of amidine groups is 1. The molecule has 1 unspecified atom stereocenters. The normalized spacial score (nSPS) is 31.7. The Bertz CT molecular complexity index is 835. The summed E-state index contributed by atoms with van der Waals surface area (Å²) in [6, 6.07) is 8.30. The molecule has 1 aromatic rings. The van der Waals surface area contributed by atoms with Crippen molar-refractivity contribution in [2.24, 2.45) is 22.6 Å². The number of hydrogen-bond donors (Lipinski definition) is 1. The van der Waals surface area contributed by atoms with Gasteiger partial charge in [0.05, 0.1) is 11.2 Å². The van der Waals surface area contributed by atoms with Gasteiger partial charge in [-0.15, -0.1) is 11.6 Å². The monoisotopic (exact) mass is 382 g/mol. The first-order valence-electron chi connectivity index (χ1n) is 10.0. The average Bonchev–Trinajstić information content (AvgIpc) is 3.20. The molecular weight excluding hydrogens is 356 g/mol. The van der Waals surface area contributed by atoms with E-state index in [9.17, 15) is 4.79 Å². The lowest BCUT2D eigenvalue weighted by atomic mass is 9.70. The number of nitrogens with zero attached hydrogens (tertiary/aromatic N) is 1. The van der Waals surface area contributed by atoms with Crippen molar-refractivity contribution in [2.45, 2.75) is 56.4 Å². The SMILES string of the molecule is C[C@H]1CC(=O)C(c2cccc(C3=C[C@H](Cl)CC=C3)c2)(C2CCCC2)N=C1N. The van der Waals surface area contributed by atoms with Crippen LogP contribution >= 0.6 is 11.6 Å². The van der Waals surface area contributed by atoms with Crippen molar-refractivity contribution >= 4 is 28.8 Å². The zero-order valence-electron chi connectivity index (χ0n) is 15.8. The van der Waals surface area contributed by atoms with Crippen molar-refractivity contribution in [3.05, 3.63) is 53.6 Å². The van der Waals surface area contributed by atoms with Crippen LogP contribution in [0.15, 0.2) is 47.5 Å². The zero-order valence-corrected chi connectivity index (χ0v) is 16.6. The van der Waals surface area contributed by atoms with E-state index in [1.165, 1.54) is 0 Å². The summed E-state index contributed by atoms with van der Waals surface area (Å²) in [7, 11) is 0. The maximum absolute atomic E-state index is 13.4. The Balaban J connectivity index is 1.83. The van der Waals surface area contributed by atoms with Gasteiger partial charge in [0.25, 0.3) is 0 Å². The number of ketones is 1. The average molecular weight is 383 g/mol. The number of Topliss-reactive ketones (excluding diaryl/α,β-unsaturated/α-hetero) is 1. The van der Waals surface area contributed by atoms with Crippen LogP contribution < -0.4 is 5.73 Å². The first-order chi connectivity index (χ1) is 13.0. The van der Waals surface area contributed by atoms with Gasteiger partial charge in [0.2, 0.25) is 0 Å². The molecule has 1 heterocycles. The highest BCUT2D eigenvalue weighted by Crippen LogP contribution is 2.47. The molecule has 1 saturated carbocycles. The van der Waals surface area contributed by atoms with Crippen LogP contribution in [0.4, 0.5) is 0 Å². The lowest BCUT2D eigenvalue weighted by molar-refractivity contribution is -0.127. The number of hydrogen-bond acceptors (Lipinski definition) is 3. The van der Waals surface area contributed by atoms with Gasteiger partial charge in [-0.25, -0.2) is 0 Å². The van der Waals surface area contributed by atoms with Gasteiger partial charge in [0.1, 0.15) is 5.54 Å². The number of aliphatic imine (C=N–C) groups is 1. The van der Waals surface area contributed by atoms with Crippen molar-refractivity contribution in [3.63, 3.8) is 0 Å². The van der Waals surface area contributed by atoms with Gasteiger partial charge >= 0.3 is 0 Å². The van der Waals surface area contributed by atoms with Gasteiger partial charge in [-0.1, -0.05) is 56.2 Å². The highest BCUT2D eigenvalue weighted by Gasteiger charge is 2.50. The summed E-state index contributed by atoms with van der Waals surface area (Å²) in [6.45, 7) is 1.99. The number of carbonyl (C=O) groups is 1. The lowest BCUT2D eigenvalue weighted by Gasteiger charge is -2.39. The molecule has 0 bridgehead atoms. The second-order valence-corrected chi connectivity index (χ2v) is 8.73. The summed E-state index contributed by atoms with van der Waals surface area (Å²) in [6.07, 6.45) is 12.0. The number of carbonyl (C=O) groups excluding carboxylic acids is 1. The maximum Gasteiger partial charge on any atom is 0.165 e. The minimum atomic E-state index is -0.817. The predicted octanol–water partition coefficient (Wildman–Crippen LogP) is 4.99. The molecule has 142 valence electrons. The minimum absolute atomic E-state index is 0.0169. The van der Waals surface area contributed by atoms with E-state index in [-0.39, 0.29) is 23.0 Å². The fourth-order valence-electron chi connectivity index (χ4n) is 4.81. The molecule has 0 aromatic heterocycles. The van der Waals surface area contributed by atoms with Gasteiger partial charge in [-0.2, -0.15) is 0 Å². The Morgan fingerprint density at radius 2 is 2.04 bits per heavy atom. The number of nitrogens with two attached hydrogens (primary N) is 1. The van der Waals surface area contributed by atoms with E-state index in [0.717, 1.165) is 48.8 Å². The van der Waals surface area contributed by atoms with Crippen LogP contribution in [-0.4, -0.2) is 17.0 Å². The van der Waals surface area contributed by atoms with Crippen LogP contribution in [0.5, 0.6) is 0 Å². The molecule has 1 aliphatic heterocycles. The van der Waals surface area contributed by atoms with E-state index in [4.69, 9.17) is 22.3 Å². The van der Waals surface area contributed by atoms with Crippen LogP contribution in [-0.2, 0) is 10.3 Å². The number of rotatable bonds is 3. The highest BCUT2D eigenvalue weighted by molar-refractivity contribution is 6.22. The Hall–Kier alpha value is -1.87. The molecule has 1 fully saturated rings. The first-order valence-corrected chi connectivity index (χ1v) is 10.5. The Labute approximate surface area is 166 Å². The summed E-state index contributed by atoms with van der Waals surface area (Å²) in [5.41, 5.74) is 8.64. The molecule has 0 spiro atoms. The second-order valence-electron chi connectivity index (χ2n) is 8.17. The summed E-state index contributed by atoms with van der Waals surface area (Å²) in [5.74, 6) is 1.10. The van der Waals surface area contributed by atoms with E-state index in [1.807, 2.05) is 13.0 Å². The van der Waals surface area contributed by atoms with Crippen LogP contribution in [0.2, 0.25) is 0 Å². The minimum Gasteiger partial charge on any atom is -0.387 e. The molecule has 3 atom stereocenters. The van der Waals surface area contributed by atoms with Crippen molar-refractivity contribution in [1.82, 2.24) is 0 Å². The number of allylic oxidation sites excluding steroid dienone is 4. The Morgan fingerprint density at radius 3 is 2.78 bits per heavy atom. The standard InChI is InChI=1S/C23H27ClN2O/c1-15-12-21(27)23(26-22(15)25,18-8-2-3-9-18)19-10-4-6-16(13-19)17-7-5-11-20(24)14-17/h4-7,10,13-15,18,20H,2-3,8-9,11-12H2,1H3,(H2,25,26)/t15-,20+,23?/m0/s1. The third-order valence-electron chi connectivity index (χ3n) is 6.33. The fourth-order valence-corrected chi connectivity index (χ4v) is 5.05. The second kappa shape index (κ2) is 7.27. The number of halogens is 1. The van der Waals surface area contributed by atoms with Crippen molar-refractivity contribution in [1.29, 1.82) is 0 Å². The Morgan fingerprint density at radius 1 is 1.26 bits per heavy atom. The fraction of sp³-hybridized carbons (Fsp3) is 0.478. The summed E-state index contributed by atoms with van der Waals surface area (Å²) in [4.78, 5) is 18.3. The van der Waals surface area contributed by atoms with E-state index in [1.54, 1.807) is 0 Å². The first kappa shape index (κ1) is 18.5. The van der Waals surface area contributed by atoms with E-state index in [2.05, 4.69) is 36.4 Å². The number of alkyl halides is 1. The molecule has 27 heavy (non-hydrogen) atoms. The molecule has 0 saturated heterocycles. The molecule has 2 N–H and O–H groups in total. The topological polar surface area (TPSA) is 55.5 Å². The van der Waals surface area contributed by atoms with E-state index >= 15 is 0 Å². The van der Waals surface area contributed by atoms with Crippen molar-refractivity contribution in [3.8, 4) is 0 Å². The molecule has 1 aromatic carbocycles. The third-order valence-corrected chi connectivity index (χ3v) is 6.63. The van der Waals surface area contributed by atoms with Crippen LogP contribution in [0.25, 0.3) is 5.57 Å². The molecule has 3 nitrogen and oxygen atoms in total. The van der Waals surface area contributed by atoms with E-state index in [0.29, 0.717) is 12.3 Å². The van der Waals surface area contributed by atoms with Crippen LogP contribution in [0, 0.1) is 11.8 Å². The molecule has 2 aliphatic carbocycles. The maximum atomic E-state index is 13.4. The lowest BCUT2D eigenvalue weighted by Crippen LogP contribution is -2.48. The largest absolute Gasteiger partial charge is 0.387 e.